The molecule has 13 rings (SSSR count). The number of hydrogen-bond donors (Lipinski definition) is 0. The number of benzene rings is 9. The average molecular weight is 824 g/mol. The molecule has 3 aromatic heterocycles. The van der Waals surface area contributed by atoms with Gasteiger partial charge in [-0.25, -0.2) is 4.98 Å². The Kier molecular flexibility index (Phi) is 7.76. The first-order valence-corrected chi connectivity index (χ1v) is 22.5. The molecule has 5 nitrogen and oxygen atoms in total. The number of para-hydroxylation sites is 1. The molecule has 1 aliphatic rings. The molecular weight excluding hydrogens is 779 g/mol. The van der Waals surface area contributed by atoms with Crippen molar-refractivity contribution in [2.45, 2.75) is 51.4 Å². The molecule has 9 aromatic carbocycles. The Morgan fingerprint density at radius 2 is 0.906 bits per heavy atom. The van der Waals surface area contributed by atoms with Crippen LogP contribution >= 0.6 is 0 Å². The van der Waals surface area contributed by atoms with Crippen LogP contribution in [0.25, 0.3) is 110 Å². The van der Waals surface area contributed by atoms with Gasteiger partial charge in [-0.15, -0.1) is 0 Å². The molecule has 0 aliphatic heterocycles. The minimum atomic E-state index is -0.0100. The first kappa shape index (κ1) is 37.0. The van der Waals surface area contributed by atoms with Crippen LogP contribution in [0, 0.1) is 0 Å². The van der Waals surface area contributed by atoms with Crippen molar-refractivity contribution >= 4 is 75.9 Å². The molecule has 5 heteroatoms. The molecule has 64 heavy (non-hydrogen) atoms. The number of hydrogen-bond acceptors (Lipinski definition) is 3. The highest BCUT2D eigenvalue weighted by Crippen LogP contribution is 2.50. The second-order valence-electron chi connectivity index (χ2n) is 19.1. The highest BCUT2D eigenvalue weighted by atomic mass is 15.2. The lowest BCUT2D eigenvalue weighted by molar-refractivity contribution is 0.332. The van der Waals surface area contributed by atoms with E-state index in [1.807, 2.05) is 6.07 Å². The first-order chi connectivity index (χ1) is 31.2. The lowest BCUT2D eigenvalue weighted by Crippen LogP contribution is -2.33. The summed E-state index contributed by atoms with van der Waals surface area (Å²) in [6.45, 7) is 9.67. The van der Waals surface area contributed by atoms with Crippen molar-refractivity contribution in [1.82, 2.24) is 24.1 Å². The van der Waals surface area contributed by atoms with Crippen LogP contribution in [0.2, 0.25) is 0 Å². The second kappa shape index (κ2) is 13.4. The normalized spacial score (nSPS) is 14.7. The number of nitrogens with zero attached hydrogens (tertiary/aromatic N) is 5. The van der Waals surface area contributed by atoms with Gasteiger partial charge in [-0.3, -0.25) is 4.57 Å². The van der Waals surface area contributed by atoms with Crippen LogP contribution in [0.4, 0.5) is 0 Å². The molecule has 0 saturated carbocycles. The van der Waals surface area contributed by atoms with E-state index in [-0.39, 0.29) is 10.8 Å². The van der Waals surface area contributed by atoms with E-state index in [0.717, 1.165) is 46.1 Å². The van der Waals surface area contributed by atoms with Gasteiger partial charge in [0.25, 0.3) is 0 Å². The van der Waals surface area contributed by atoms with Crippen LogP contribution in [0.3, 0.4) is 0 Å². The van der Waals surface area contributed by atoms with Gasteiger partial charge in [-0.05, 0) is 116 Å². The summed E-state index contributed by atoms with van der Waals surface area (Å²) < 4.78 is 4.79. The maximum absolute atomic E-state index is 5.50. The number of fused-ring (bicyclic) bond motifs is 13. The summed E-state index contributed by atoms with van der Waals surface area (Å²) in [6.07, 6.45) is 2.24. The van der Waals surface area contributed by atoms with E-state index in [0.29, 0.717) is 17.6 Å². The summed E-state index contributed by atoms with van der Waals surface area (Å²) in [4.78, 5) is 16.2. The SMILES string of the molecule is CC1(C)CCC(C)(C)c2cc3c(cc21)c1c2c4c5ccccc5ccc4n(-c4ccccc4)c2ccc1n3-c1nc(-c2ccccc2)nc(-c2ccc3c(ccc4ccccc43)c2)n1. The van der Waals surface area contributed by atoms with Gasteiger partial charge in [0.1, 0.15) is 0 Å². The summed E-state index contributed by atoms with van der Waals surface area (Å²) in [5, 5.41) is 12.2. The van der Waals surface area contributed by atoms with Gasteiger partial charge >= 0.3 is 0 Å². The topological polar surface area (TPSA) is 48.5 Å². The van der Waals surface area contributed by atoms with E-state index in [2.05, 4.69) is 207 Å². The summed E-state index contributed by atoms with van der Waals surface area (Å²) in [7, 11) is 0. The molecule has 0 atom stereocenters. The predicted octanol–water partition coefficient (Wildman–Crippen LogP) is 15.2. The van der Waals surface area contributed by atoms with Gasteiger partial charge in [0.05, 0.1) is 22.1 Å². The maximum atomic E-state index is 5.50. The summed E-state index contributed by atoms with van der Waals surface area (Å²) in [5.41, 5.74) is 10.4. The van der Waals surface area contributed by atoms with Crippen LogP contribution in [0.15, 0.2) is 176 Å². The highest BCUT2D eigenvalue weighted by molar-refractivity contribution is 6.33. The van der Waals surface area contributed by atoms with Crippen LogP contribution in [-0.4, -0.2) is 24.1 Å². The Hall–Kier alpha value is -7.63. The second-order valence-corrected chi connectivity index (χ2v) is 19.1. The van der Waals surface area contributed by atoms with Crippen molar-refractivity contribution in [3.63, 3.8) is 0 Å². The van der Waals surface area contributed by atoms with Crippen molar-refractivity contribution < 1.29 is 0 Å². The Balaban J connectivity index is 1.19. The molecule has 0 N–H and O–H groups in total. The lowest BCUT2D eigenvalue weighted by Gasteiger charge is -2.42. The van der Waals surface area contributed by atoms with Gasteiger partial charge in [0, 0.05) is 38.4 Å². The van der Waals surface area contributed by atoms with Crippen molar-refractivity contribution in [3.05, 3.63) is 187 Å². The van der Waals surface area contributed by atoms with E-state index >= 15 is 0 Å². The molecule has 0 saturated heterocycles. The summed E-state index contributed by atoms with van der Waals surface area (Å²) in [6, 6.07) is 63.8. The zero-order valence-corrected chi connectivity index (χ0v) is 36.4. The molecule has 0 bridgehead atoms. The summed E-state index contributed by atoms with van der Waals surface area (Å²) >= 11 is 0. The average Bonchev–Trinajstić information content (AvgIpc) is 3.85. The molecule has 0 amide bonds. The fraction of sp³-hybridized carbons (Fsp3) is 0.136. The van der Waals surface area contributed by atoms with E-state index in [9.17, 15) is 0 Å². The maximum Gasteiger partial charge on any atom is 0.238 e. The van der Waals surface area contributed by atoms with Crippen LogP contribution in [0.1, 0.15) is 51.7 Å². The Bertz CT molecular complexity index is 3890. The molecule has 0 fully saturated rings. The number of aromatic nitrogens is 5. The van der Waals surface area contributed by atoms with Crippen LogP contribution in [0.5, 0.6) is 0 Å². The fourth-order valence-electron chi connectivity index (χ4n) is 11.0. The number of rotatable bonds is 4. The minimum Gasteiger partial charge on any atom is -0.309 e. The van der Waals surface area contributed by atoms with Crippen molar-refractivity contribution in [2.24, 2.45) is 0 Å². The van der Waals surface area contributed by atoms with E-state index in [4.69, 9.17) is 15.0 Å². The van der Waals surface area contributed by atoms with Gasteiger partial charge in [-0.2, -0.15) is 9.97 Å². The Morgan fingerprint density at radius 3 is 1.66 bits per heavy atom. The summed E-state index contributed by atoms with van der Waals surface area (Å²) in [5.74, 6) is 1.88. The van der Waals surface area contributed by atoms with Crippen LogP contribution in [-0.2, 0) is 10.8 Å². The van der Waals surface area contributed by atoms with Gasteiger partial charge in [0.15, 0.2) is 11.6 Å². The van der Waals surface area contributed by atoms with E-state index < -0.39 is 0 Å². The van der Waals surface area contributed by atoms with Crippen molar-refractivity contribution in [3.8, 4) is 34.4 Å². The standard InChI is InChI=1S/C59H45N5/c1-58(2)31-32-59(3,4)47-35-51-45(34-46(47)58)53-49(29-30-50-54(53)52-44-22-14-12-16-37(44)26-28-48(52)63(50)41-19-9-6-10-20-41)64(51)57-61-55(38-17-7-5-8-18-38)60-56(62-57)40-25-27-43-39(33-40)24-23-36-15-11-13-21-42(36)43/h5-30,33-35H,31-32H2,1-4H3. The lowest BCUT2D eigenvalue weighted by atomic mass is 9.63. The van der Waals surface area contributed by atoms with E-state index in [1.165, 1.54) is 70.6 Å². The smallest absolute Gasteiger partial charge is 0.238 e. The third kappa shape index (κ3) is 5.40. The monoisotopic (exact) mass is 823 g/mol. The molecular formula is C59H45N5. The quantitative estimate of drug-likeness (QED) is 0.166. The Morgan fingerprint density at radius 1 is 0.375 bits per heavy atom. The predicted molar refractivity (Wildman–Crippen MR) is 267 cm³/mol. The largest absolute Gasteiger partial charge is 0.309 e. The van der Waals surface area contributed by atoms with Gasteiger partial charge in [-0.1, -0.05) is 155 Å². The molecule has 0 spiro atoms. The molecule has 3 heterocycles. The first-order valence-electron chi connectivity index (χ1n) is 22.5. The van der Waals surface area contributed by atoms with Crippen molar-refractivity contribution in [1.29, 1.82) is 0 Å². The molecule has 306 valence electrons. The molecule has 0 unspecified atom stereocenters. The zero-order valence-electron chi connectivity index (χ0n) is 36.4. The van der Waals surface area contributed by atoms with Crippen LogP contribution < -0.4 is 0 Å². The highest BCUT2D eigenvalue weighted by Gasteiger charge is 2.38. The zero-order chi connectivity index (χ0) is 42.9. The fourth-order valence-corrected chi connectivity index (χ4v) is 11.0. The van der Waals surface area contributed by atoms with Gasteiger partial charge in [0.2, 0.25) is 5.95 Å². The van der Waals surface area contributed by atoms with Gasteiger partial charge < -0.3 is 4.57 Å². The van der Waals surface area contributed by atoms with Crippen molar-refractivity contribution in [2.75, 3.05) is 0 Å². The van der Waals surface area contributed by atoms with E-state index in [1.54, 1.807) is 0 Å². The minimum absolute atomic E-state index is 0.00826. The molecule has 12 aromatic rings. The molecule has 0 radical (unpaired) electrons. The third-order valence-electron chi connectivity index (χ3n) is 14.4. The molecule has 1 aliphatic carbocycles. The third-order valence-corrected chi connectivity index (χ3v) is 14.4. The Labute approximate surface area is 371 Å².